The Hall–Kier alpha value is -2.32. The molecule has 7 nitrogen and oxygen atoms in total. The molecule has 0 fully saturated rings. The molecule has 3 rings (SSSR count). The Morgan fingerprint density at radius 2 is 2.07 bits per heavy atom. The maximum Gasteiger partial charge on any atom is 0.277 e. The van der Waals surface area contributed by atoms with Gasteiger partial charge in [0.2, 0.25) is 0 Å². The van der Waals surface area contributed by atoms with Crippen LogP contribution in [0.5, 0.6) is 5.75 Å². The highest BCUT2D eigenvalue weighted by atomic mass is 32.2. The summed E-state index contributed by atoms with van der Waals surface area (Å²) in [4.78, 5) is 12.9. The monoisotopic (exact) mass is 420 g/mol. The lowest BCUT2D eigenvalue weighted by Gasteiger charge is -2.29. The van der Waals surface area contributed by atoms with E-state index in [1.165, 1.54) is 10.8 Å². The molecule has 0 spiro atoms. The first-order valence-corrected chi connectivity index (χ1v) is 11.6. The van der Waals surface area contributed by atoms with Gasteiger partial charge in [-0.2, -0.15) is 0 Å². The molecule has 1 aromatic heterocycles. The first-order valence-electron chi connectivity index (χ1n) is 9.72. The van der Waals surface area contributed by atoms with E-state index in [0.717, 1.165) is 30.4 Å². The van der Waals surface area contributed by atoms with Crippen molar-refractivity contribution in [3.05, 3.63) is 40.3 Å². The van der Waals surface area contributed by atoms with Crippen molar-refractivity contribution >= 4 is 15.5 Å². The maximum absolute atomic E-state index is 12.6. The van der Waals surface area contributed by atoms with Crippen LogP contribution in [0.25, 0.3) is 11.1 Å². The first kappa shape index (κ1) is 21.4. The molecule has 1 aliphatic heterocycles. The number of methoxy groups -OCH3 is 1. The largest absolute Gasteiger partial charge is 0.483 e. The first-order chi connectivity index (χ1) is 13.8. The van der Waals surface area contributed by atoms with Gasteiger partial charge in [-0.05, 0) is 36.1 Å². The van der Waals surface area contributed by atoms with Crippen LogP contribution in [-0.2, 0) is 28.0 Å². The number of nitrogens with zero attached hydrogens (tertiary/aromatic N) is 1. The third-order valence-electron chi connectivity index (χ3n) is 5.07. The lowest BCUT2D eigenvalue weighted by molar-refractivity contribution is 0.0849. The molecule has 0 radical (unpaired) electrons. The van der Waals surface area contributed by atoms with E-state index in [9.17, 15) is 13.2 Å². The molecular weight excluding hydrogens is 392 g/mol. The van der Waals surface area contributed by atoms with Gasteiger partial charge in [0.1, 0.15) is 11.8 Å². The zero-order valence-corrected chi connectivity index (χ0v) is 18.1. The number of pyridine rings is 1. The van der Waals surface area contributed by atoms with Gasteiger partial charge >= 0.3 is 0 Å². The van der Waals surface area contributed by atoms with Gasteiger partial charge in [-0.1, -0.05) is 19.4 Å². The second-order valence-electron chi connectivity index (χ2n) is 7.43. The van der Waals surface area contributed by atoms with Gasteiger partial charge in [0.05, 0.1) is 18.0 Å². The fourth-order valence-electron chi connectivity index (χ4n) is 3.51. The Morgan fingerprint density at radius 3 is 2.72 bits per heavy atom. The molecule has 2 aromatic rings. The van der Waals surface area contributed by atoms with Crippen molar-refractivity contribution in [3.63, 3.8) is 0 Å². The minimum Gasteiger partial charge on any atom is -0.483 e. The smallest absolute Gasteiger partial charge is 0.277 e. The number of hydrogen-bond donors (Lipinski definition) is 1. The Labute approximate surface area is 171 Å². The zero-order chi connectivity index (χ0) is 21.2. The summed E-state index contributed by atoms with van der Waals surface area (Å²) in [5.74, 6) is 0.449. The van der Waals surface area contributed by atoms with Gasteiger partial charge in [0, 0.05) is 32.2 Å². The molecule has 1 aromatic carbocycles. The van der Waals surface area contributed by atoms with E-state index in [-0.39, 0.29) is 16.6 Å². The van der Waals surface area contributed by atoms with E-state index in [2.05, 4.69) is 12.2 Å². The number of ether oxygens (including phenoxy) is 2. The number of nitrogens with one attached hydrogen (secondary N) is 1. The molecule has 0 bridgehead atoms. The summed E-state index contributed by atoms with van der Waals surface area (Å²) in [5.41, 5.74) is 2.70. The van der Waals surface area contributed by atoms with Crippen molar-refractivity contribution in [1.29, 1.82) is 0 Å². The number of aromatic nitrogens is 1. The van der Waals surface area contributed by atoms with E-state index in [0.29, 0.717) is 30.2 Å². The third kappa shape index (κ3) is 4.48. The average Bonchev–Trinajstić information content (AvgIpc) is 2.68. The van der Waals surface area contributed by atoms with Crippen LogP contribution in [0.2, 0.25) is 0 Å². The minimum atomic E-state index is -3.37. The summed E-state index contributed by atoms with van der Waals surface area (Å²) in [5, 5.41) is 3.17. The molecule has 0 aliphatic carbocycles. The molecule has 1 atom stereocenters. The molecule has 1 N–H and O–H groups in total. The predicted molar refractivity (Wildman–Crippen MR) is 114 cm³/mol. The SMILES string of the molecule is CCCCc1ccc(S(C)(=O)=O)cc1-c1cn(C)c(=O)c2c1O[C@H](COC)CN2. The molecule has 0 unspecified atom stereocenters. The number of anilines is 1. The summed E-state index contributed by atoms with van der Waals surface area (Å²) < 4.78 is 37.2. The zero-order valence-electron chi connectivity index (χ0n) is 17.3. The Balaban J connectivity index is 2.24. The maximum atomic E-state index is 12.6. The molecule has 8 heteroatoms. The number of fused-ring (bicyclic) bond motifs is 1. The number of hydrogen-bond acceptors (Lipinski definition) is 6. The van der Waals surface area contributed by atoms with Crippen LogP contribution in [0.1, 0.15) is 25.3 Å². The quantitative estimate of drug-likeness (QED) is 0.741. The van der Waals surface area contributed by atoms with Crippen LogP contribution < -0.4 is 15.6 Å². The van der Waals surface area contributed by atoms with Crippen molar-refractivity contribution in [2.24, 2.45) is 7.05 Å². The fraction of sp³-hybridized carbons (Fsp3) is 0.476. The summed E-state index contributed by atoms with van der Waals surface area (Å²) in [7, 11) is -0.0933. The lowest BCUT2D eigenvalue weighted by atomic mass is 9.96. The van der Waals surface area contributed by atoms with Crippen molar-refractivity contribution in [2.75, 3.05) is 31.8 Å². The number of unbranched alkanes of at least 4 members (excludes halogenated alkanes) is 1. The van der Waals surface area contributed by atoms with Crippen molar-refractivity contribution in [3.8, 4) is 16.9 Å². The number of rotatable bonds is 7. The minimum absolute atomic E-state index is 0.186. The van der Waals surface area contributed by atoms with Crippen LogP contribution in [-0.4, -0.2) is 45.6 Å². The highest BCUT2D eigenvalue weighted by Crippen LogP contribution is 2.39. The van der Waals surface area contributed by atoms with Crippen LogP contribution in [0.3, 0.4) is 0 Å². The Morgan fingerprint density at radius 1 is 1.31 bits per heavy atom. The number of benzene rings is 1. The van der Waals surface area contributed by atoms with Crippen LogP contribution >= 0.6 is 0 Å². The van der Waals surface area contributed by atoms with E-state index in [1.54, 1.807) is 32.5 Å². The van der Waals surface area contributed by atoms with Gasteiger partial charge in [0.25, 0.3) is 5.56 Å². The predicted octanol–water partition coefficient (Wildman–Crippen LogP) is 2.62. The summed E-state index contributed by atoms with van der Waals surface area (Å²) >= 11 is 0. The number of aryl methyl sites for hydroxylation is 2. The summed E-state index contributed by atoms with van der Waals surface area (Å²) in [6.45, 7) is 2.96. The fourth-order valence-corrected chi connectivity index (χ4v) is 4.16. The van der Waals surface area contributed by atoms with Gasteiger partial charge in [-0.15, -0.1) is 0 Å². The molecule has 0 amide bonds. The van der Waals surface area contributed by atoms with Gasteiger partial charge < -0.3 is 19.4 Å². The second kappa shape index (κ2) is 8.59. The van der Waals surface area contributed by atoms with Gasteiger partial charge in [0.15, 0.2) is 15.6 Å². The van der Waals surface area contributed by atoms with Crippen molar-refractivity contribution < 1.29 is 17.9 Å². The molecule has 29 heavy (non-hydrogen) atoms. The molecular formula is C21H28N2O5S. The number of sulfone groups is 1. The topological polar surface area (TPSA) is 86.6 Å². The van der Waals surface area contributed by atoms with E-state index < -0.39 is 9.84 Å². The standard InChI is InChI=1S/C21H28N2O5S/c1-5-6-7-14-8-9-16(29(4,25)26)10-17(14)18-12-23(2)21(24)19-20(18)28-15(11-22-19)13-27-3/h8-10,12,15,22H,5-7,11,13H2,1-4H3/t15-/m0/s1. The summed E-state index contributed by atoms with van der Waals surface area (Å²) in [6.07, 6.45) is 5.48. The molecule has 2 heterocycles. The third-order valence-corrected chi connectivity index (χ3v) is 6.18. The molecule has 158 valence electrons. The van der Waals surface area contributed by atoms with Crippen LogP contribution in [0.15, 0.2) is 34.1 Å². The van der Waals surface area contributed by atoms with E-state index >= 15 is 0 Å². The highest BCUT2D eigenvalue weighted by Gasteiger charge is 2.27. The van der Waals surface area contributed by atoms with Gasteiger partial charge in [-0.25, -0.2) is 8.42 Å². The molecule has 0 saturated heterocycles. The van der Waals surface area contributed by atoms with Gasteiger partial charge in [-0.3, -0.25) is 4.79 Å². The van der Waals surface area contributed by atoms with Crippen molar-refractivity contribution in [1.82, 2.24) is 4.57 Å². The highest BCUT2D eigenvalue weighted by molar-refractivity contribution is 7.90. The summed E-state index contributed by atoms with van der Waals surface area (Å²) in [6, 6.07) is 5.19. The normalized spacial score (nSPS) is 16.1. The van der Waals surface area contributed by atoms with E-state index in [1.807, 2.05) is 6.07 Å². The Bertz CT molecular complexity index is 1060. The van der Waals surface area contributed by atoms with Crippen LogP contribution in [0.4, 0.5) is 5.69 Å². The van der Waals surface area contributed by atoms with E-state index in [4.69, 9.17) is 9.47 Å². The Kier molecular flexibility index (Phi) is 6.33. The molecule has 0 saturated carbocycles. The lowest BCUT2D eigenvalue weighted by Crippen LogP contribution is -2.38. The van der Waals surface area contributed by atoms with Crippen molar-refractivity contribution in [2.45, 2.75) is 37.2 Å². The molecule has 1 aliphatic rings. The second-order valence-corrected chi connectivity index (χ2v) is 9.45. The van der Waals surface area contributed by atoms with Crippen LogP contribution in [0, 0.1) is 0 Å². The average molecular weight is 421 g/mol.